The smallest absolute Gasteiger partial charge is 0.231 e. The van der Waals surface area contributed by atoms with Gasteiger partial charge in [0.1, 0.15) is 23.0 Å². The van der Waals surface area contributed by atoms with Gasteiger partial charge in [0.15, 0.2) is 5.65 Å². The van der Waals surface area contributed by atoms with Gasteiger partial charge in [-0.1, -0.05) is 24.5 Å². The Morgan fingerprint density at radius 3 is 2.70 bits per heavy atom. The average Bonchev–Trinajstić information content (AvgIpc) is 3.56. The first-order valence-electron chi connectivity index (χ1n) is 12.8. The van der Waals surface area contributed by atoms with E-state index in [1.165, 1.54) is 19.3 Å². The Balaban J connectivity index is 1.35. The Kier molecular flexibility index (Phi) is 6.47. The molecule has 0 atom stereocenters. The van der Waals surface area contributed by atoms with Crippen LogP contribution in [0.25, 0.3) is 22.4 Å². The van der Waals surface area contributed by atoms with E-state index in [4.69, 9.17) is 19.4 Å². The molecule has 1 saturated heterocycles. The predicted molar refractivity (Wildman–Crippen MR) is 141 cm³/mol. The summed E-state index contributed by atoms with van der Waals surface area (Å²) in [5.74, 6) is 1.90. The fourth-order valence-electron chi connectivity index (χ4n) is 5.09. The topological polar surface area (TPSA) is 131 Å². The number of aryl methyl sites for hydroxylation is 1. The van der Waals surface area contributed by atoms with E-state index < -0.39 is 0 Å². The van der Waals surface area contributed by atoms with Crippen LogP contribution in [0, 0.1) is 0 Å². The van der Waals surface area contributed by atoms with Gasteiger partial charge in [-0.15, -0.1) is 5.10 Å². The summed E-state index contributed by atoms with van der Waals surface area (Å²) in [5, 5.41) is 23.8. The number of nitrogens with one attached hydrogen (secondary N) is 3. The molecule has 12 heteroatoms. The van der Waals surface area contributed by atoms with Gasteiger partial charge in [0.2, 0.25) is 5.95 Å². The lowest BCUT2D eigenvalue weighted by molar-refractivity contribution is 0.122. The number of ether oxygens (including phenoxy) is 2. The van der Waals surface area contributed by atoms with E-state index in [0.29, 0.717) is 23.3 Å². The summed E-state index contributed by atoms with van der Waals surface area (Å²) >= 11 is 0. The van der Waals surface area contributed by atoms with E-state index in [1.807, 2.05) is 25.4 Å². The van der Waals surface area contributed by atoms with Crippen molar-refractivity contribution in [2.45, 2.75) is 38.1 Å². The molecule has 0 spiro atoms. The molecule has 12 nitrogen and oxygen atoms in total. The zero-order valence-electron chi connectivity index (χ0n) is 21.2. The van der Waals surface area contributed by atoms with Crippen LogP contribution >= 0.6 is 0 Å². The summed E-state index contributed by atoms with van der Waals surface area (Å²) in [5.41, 5.74) is 3.89. The minimum Gasteiger partial charge on any atom is -0.494 e. The molecule has 37 heavy (non-hydrogen) atoms. The zero-order valence-corrected chi connectivity index (χ0v) is 21.2. The minimum absolute atomic E-state index is 0.353. The molecule has 0 unspecified atom stereocenters. The molecule has 2 fully saturated rings. The predicted octanol–water partition coefficient (Wildman–Crippen LogP) is 3.48. The lowest BCUT2D eigenvalue weighted by Crippen LogP contribution is -2.36. The first kappa shape index (κ1) is 23.5. The maximum atomic E-state index is 5.72. The first-order chi connectivity index (χ1) is 18.2. The molecule has 0 radical (unpaired) electrons. The Morgan fingerprint density at radius 1 is 1.11 bits per heavy atom. The number of hydrogen-bond acceptors (Lipinski definition) is 10. The van der Waals surface area contributed by atoms with Crippen molar-refractivity contribution < 1.29 is 9.47 Å². The van der Waals surface area contributed by atoms with Crippen molar-refractivity contribution in [3.05, 3.63) is 24.4 Å². The highest BCUT2D eigenvalue weighted by Crippen LogP contribution is 2.35. The van der Waals surface area contributed by atoms with Crippen LogP contribution in [-0.4, -0.2) is 74.6 Å². The number of fused-ring (bicyclic) bond motifs is 1. The molecule has 4 aromatic rings. The highest BCUT2D eigenvalue weighted by atomic mass is 16.5. The van der Waals surface area contributed by atoms with Gasteiger partial charge in [-0.05, 0) is 25.0 Å². The quantitative estimate of drug-likeness (QED) is 0.344. The number of rotatable bonds is 7. The van der Waals surface area contributed by atoms with Gasteiger partial charge in [0.25, 0.3) is 0 Å². The number of hydrogen-bond donors (Lipinski definition) is 3. The third kappa shape index (κ3) is 4.88. The van der Waals surface area contributed by atoms with E-state index in [2.05, 4.69) is 42.1 Å². The van der Waals surface area contributed by atoms with Gasteiger partial charge in [0.05, 0.1) is 37.6 Å². The second kappa shape index (κ2) is 10.2. The first-order valence-corrected chi connectivity index (χ1v) is 12.8. The maximum absolute atomic E-state index is 5.72. The van der Waals surface area contributed by atoms with Crippen LogP contribution in [0.5, 0.6) is 5.75 Å². The van der Waals surface area contributed by atoms with Crippen LogP contribution in [-0.2, 0) is 11.8 Å². The summed E-state index contributed by atoms with van der Waals surface area (Å²) in [6.07, 6.45) is 7.79. The summed E-state index contributed by atoms with van der Waals surface area (Å²) in [6.45, 7) is 3.18. The lowest BCUT2D eigenvalue weighted by atomic mass is 9.95. The molecular formula is C25H32N10O2. The molecular weight excluding hydrogens is 472 g/mol. The van der Waals surface area contributed by atoms with Crippen molar-refractivity contribution in [2.75, 3.05) is 48.9 Å². The number of H-pyrrole nitrogens is 1. The molecule has 4 heterocycles. The lowest BCUT2D eigenvalue weighted by Gasteiger charge is -2.29. The molecule has 0 amide bonds. The monoisotopic (exact) mass is 504 g/mol. The molecule has 0 bridgehead atoms. The molecule has 2 aliphatic rings. The summed E-state index contributed by atoms with van der Waals surface area (Å²) in [6, 6.07) is 6.47. The molecule has 194 valence electrons. The van der Waals surface area contributed by atoms with Crippen LogP contribution < -0.4 is 20.3 Å². The second-order valence-electron chi connectivity index (χ2n) is 9.56. The van der Waals surface area contributed by atoms with Crippen molar-refractivity contribution in [3.63, 3.8) is 0 Å². The van der Waals surface area contributed by atoms with E-state index in [1.54, 1.807) is 11.8 Å². The van der Waals surface area contributed by atoms with Gasteiger partial charge in [0, 0.05) is 37.9 Å². The van der Waals surface area contributed by atoms with Gasteiger partial charge < -0.3 is 25.0 Å². The Hall–Kier alpha value is -3.93. The van der Waals surface area contributed by atoms with Crippen LogP contribution in [0.2, 0.25) is 0 Å². The maximum Gasteiger partial charge on any atom is 0.231 e. The second-order valence-corrected chi connectivity index (χ2v) is 9.56. The largest absolute Gasteiger partial charge is 0.494 e. The molecule has 1 aromatic carbocycles. The summed E-state index contributed by atoms with van der Waals surface area (Å²) in [7, 11) is 3.51. The van der Waals surface area contributed by atoms with Crippen molar-refractivity contribution in [1.82, 2.24) is 35.2 Å². The Morgan fingerprint density at radius 2 is 1.95 bits per heavy atom. The Bertz CT molecular complexity index is 1370. The fraction of sp³-hybridized carbons (Fsp3) is 0.480. The van der Waals surface area contributed by atoms with E-state index in [-0.39, 0.29) is 0 Å². The van der Waals surface area contributed by atoms with Gasteiger partial charge in [-0.3, -0.25) is 9.78 Å². The Labute approximate surface area is 214 Å². The minimum atomic E-state index is 0.353. The zero-order chi connectivity index (χ0) is 25.2. The van der Waals surface area contributed by atoms with E-state index in [0.717, 1.165) is 73.2 Å². The number of aromatic amines is 1. The third-order valence-electron chi connectivity index (χ3n) is 7.03. The molecule has 1 saturated carbocycles. The van der Waals surface area contributed by atoms with Crippen molar-refractivity contribution in [3.8, 4) is 17.1 Å². The SMILES string of the molecule is COc1cc(N2CCOCC2)ccc1Nc1nc(NC2CCCCC2)c2c(-c3cn(C)nn3)[nH]nc2n1. The number of nitrogens with zero attached hydrogens (tertiary/aromatic N) is 7. The number of anilines is 4. The van der Waals surface area contributed by atoms with Crippen LogP contribution in [0.1, 0.15) is 32.1 Å². The molecule has 3 aromatic heterocycles. The highest BCUT2D eigenvalue weighted by molar-refractivity contribution is 5.98. The van der Waals surface area contributed by atoms with Gasteiger partial charge in [-0.2, -0.15) is 15.1 Å². The van der Waals surface area contributed by atoms with Crippen molar-refractivity contribution >= 4 is 34.2 Å². The molecule has 1 aliphatic heterocycles. The summed E-state index contributed by atoms with van der Waals surface area (Å²) < 4.78 is 12.9. The van der Waals surface area contributed by atoms with Crippen LogP contribution in [0.15, 0.2) is 24.4 Å². The molecule has 6 rings (SSSR count). The average molecular weight is 505 g/mol. The standard InChI is InChI=1S/C25H32N10O2/c1-34-15-19(30-33-34)22-21-23(26-16-6-4-3-5-7-16)28-25(29-24(21)32-31-22)27-18-9-8-17(14-20(18)36-2)35-10-12-37-13-11-35/h8-9,14-16H,3-7,10-13H2,1-2H3,(H3,26,27,28,29,31,32). The summed E-state index contributed by atoms with van der Waals surface area (Å²) in [4.78, 5) is 11.9. The number of methoxy groups -OCH3 is 1. The van der Waals surface area contributed by atoms with Gasteiger partial charge >= 0.3 is 0 Å². The van der Waals surface area contributed by atoms with E-state index >= 15 is 0 Å². The third-order valence-corrected chi connectivity index (χ3v) is 7.03. The normalized spacial score (nSPS) is 16.8. The number of benzene rings is 1. The number of aromatic nitrogens is 7. The van der Waals surface area contributed by atoms with Crippen LogP contribution in [0.3, 0.4) is 0 Å². The van der Waals surface area contributed by atoms with Crippen molar-refractivity contribution in [2.24, 2.45) is 7.05 Å². The van der Waals surface area contributed by atoms with Crippen molar-refractivity contribution in [1.29, 1.82) is 0 Å². The fourth-order valence-corrected chi connectivity index (χ4v) is 5.09. The number of morpholine rings is 1. The molecule has 3 N–H and O–H groups in total. The van der Waals surface area contributed by atoms with Crippen LogP contribution in [0.4, 0.5) is 23.1 Å². The van der Waals surface area contributed by atoms with E-state index in [9.17, 15) is 0 Å². The highest BCUT2D eigenvalue weighted by Gasteiger charge is 2.22. The molecule has 1 aliphatic carbocycles. The van der Waals surface area contributed by atoms with Gasteiger partial charge in [-0.25, -0.2) is 0 Å².